The van der Waals surface area contributed by atoms with E-state index in [1.165, 1.54) is 24.8 Å². The summed E-state index contributed by atoms with van der Waals surface area (Å²) in [5, 5.41) is 0.757. The number of methoxy groups -OCH3 is 1. The molecular formula is C14H15Br2ClO. The molecule has 0 spiro atoms. The van der Waals surface area contributed by atoms with Gasteiger partial charge in [0.15, 0.2) is 0 Å². The predicted molar refractivity (Wildman–Crippen MR) is 81.7 cm³/mol. The van der Waals surface area contributed by atoms with E-state index in [0.29, 0.717) is 4.83 Å². The van der Waals surface area contributed by atoms with E-state index in [2.05, 4.69) is 31.9 Å². The summed E-state index contributed by atoms with van der Waals surface area (Å²) in [6.07, 6.45) is 4.19. The van der Waals surface area contributed by atoms with Crippen LogP contribution in [0.15, 0.2) is 16.6 Å². The molecule has 2 fully saturated rings. The molecule has 0 aliphatic heterocycles. The van der Waals surface area contributed by atoms with Crippen LogP contribution in [0, 0.1) is 17.8 Å². The molecule has 0 saturated heterocycles. The number of benzene rings is 1. The van der Waals surface area contributed by atoms with E-state index < -0.39 is 0 Å². The van der Waals surface area contributed by atoms with Crippen molar-refractivity contribution in [2.24, 2.45) is 17.8 Å². The van der Waals surface area contributed by atoms with Crippen molar-refractivity contribution in [1.82, 2.24) is 0 Å². The highest BCUT2D eigenvalue weighted by molar-refractivity contribution is 9.10. The first-order valence-corrected chi connectivity index (χ1v) is 8.39. The Balaban J connectivity index is 1.91. The van der Waals surface area contributed by atoms with Crippen molar-refractivity contribution in [2.75, 3.05) is 7.11 Å². The lowest BCUT2D eigenvalue weighted by molar-refractivity contribution is 0.404. The second kappa shape index (κ2) is 4.99. The third kappa shape index (κ3) is 2.12. The van der Waals surface area contributed by atoms with Crippen LogP contribution in [0.3, 0.4) is 0 Å². The first kappa shape index (κ1) is 13.3. The number of hydrogen-bond acceptors (Lipinski definition) is 1. The predicted octanol–water partition coefficient (Wildman–Crippen LogP) is 5.59. The normalized spacial score (nSPS) is 31.0. The van der Waals surface area contributed by atoms with E-state index in [-0.39, 0.29) is 0 Å². The Labute approximate surface area is 129 Å². The lowest BCUT2D eigenvalue weighted by atomic mass is 10.0. The molecular weight excluding hydrogens is 379 g/mol. The minimum absolute atomic E-state index is 0.359. The van der Waals surface area contributed by atoms with Gasteiger partial charge >= 0.3 is 0 Å². The molecule has 0 amide bonds. The van der Waals surface area contributed by atoms with Gasteiger partial charge in [-0.3, -0.25) is 0 Å². The molecule has 3 atom stereocenters. The van der Waals surface area contributed by atoms with Crippen molar-refractivity contribution >= 4 is 43.5 Å². The van der Waals surface area contributed by atoms with Gasteiger partial charge < -0.3 is 4.74 Å². The Bertz CT molecular complexity index is 467. The number of hydrogen-bond donors (Lipinski definition) is 0. The van der Waals surface area contributed by atoms with Gasteiger partial charge in [-0.25, -0.2) is 0 Å². The molecule has 0 heterocycles. The summed E-state index contributed by atoms with van der Waals surface area (Å²) in [6, 6.07) is 3.91. The molecule has 98 valence electrons. The van der Waals surface area contributed by atoms with Crippen LogP contribution >= 0.6 is 43.5 Å². The monoisotopic (exact) mass is 392 g/mol. The van der Waals surface area contributed by atoms with Crippen LogP contribution in [-0.4, -0.2) is 7.11 Å². The van der Waals surface area contributed by atoms with Gasteiger partial charge in [0.1, 0.15) is 5.75 Å². The van der Waals surface area contributed by atoms with E-state index in [4.69, 9.17) is 16.3 Å². The van der Waals surface area contributed by atoms with Crippen LogP contribution in [0.2, 0.25) is 5.02 Å². The molecule has 3 rings (SSSR count). The molecule has 1 aromatic carbocycles. The summed E-state index contributed by atoms with van der Waals surface area (Å²) in [7, 11) is 1.71. The third-order valence-corrected chi connectivity index (χ3v) is 6.26. The lowest BCUT2D eigenvalue weighted by Gasteiger charge is -2.17. The fourth-order valence-corrected chi connectivity index (χ4v) is 5.64. The maximum Gasteiger partial charge on any atom is 0.137 e. The largest absolute Gasteiger partial charge is 0.495 e. The smallest absolute Gasteiger partial charge is 0.137 e. The van der Waals surface area contributed by atoms with Crippen LogP contribution in [-0.2, 0) is 0 Å². The molecule has 4 heteroatoms. The van der Waals surface area contributed by atoms with Gasteiger partial charge in [0, 0.05) is 15.4 Å². The minimum Gasteiger partial charge on any atom is -0.495 e. The van der Waals surface area contributed by atoms with Crippen molar-refractivity contribution in [3.05, 3.63) is 27.2 Å². The van der Waals surface area contributed by atoms with E-state index in [1.54, 1.807) is 7.11 Å². The standard InChI is InChI=1S/C14H15Br2ClO/c1-18-14-10(5-7(17)6-11(14)15)13(16)12-8-3-2-4-9(8)12/h5-6,8-9,12-13H,2-4H2,1H3. The Kier molecular flexibility index (Phi) is 3.68. The van der Waals surface area contributed by atoms with E-state index >= 15 is 0 Å². The molecule has 2 aliphatic carbocycles. The second-order valence-corrected chi connectivity index (χ2v) is 7.53. The number of rotatable bonds is 3. The fraction of sp³-hybridized carbons (Fsp3) is 0.571. The SMILES string of the molecule is COc1c(Br)cc(Cl)cc1C(Br)C1C2CCCC21. The number of fused-ring (bicyclic) bond motifs is 1. The van der Waals surface area contributed by atoms with Gasteiger partial charge in [0.2, 0.25) is 0 Å². The average Bonchev–Trinajstić information content (AvgIpc) is 2.80. The highest BCUT2D eigenvalue weighted by Gasteiger charge is 2.55. The highest BCUT2D eigenvalue weighted by atomic mass is 79.9. The molecule has 3 unspecified atom stereocenters. The van der Waals surface area contributed by atoms with E-state index in [1.807, 2.05) is 12.1 Å². The Morgan fingerprint density at radius 1 is 1.33 bits per heavy atom. The van der Waals surface area contributed by atoms with E-state index in [9.17, 15) is 0 Å². The van der Waals surface area contributed by atoms with Gasteiger partial charge in [0.05, 0.1) is 11.6 Å². The van der Waals surface area contributed by atoms with Gasteiger partial charge in [0.25, 0.3) is 0 Å². The number of halogens is 3. The number of ether oxygens (including phenoxy) is 1. The van der Waals surface area contributed by atoms with Crippen LogP contribution in [0.4, 0.5) is 0 Å². The summed E-state index contributed by atoms with van der Waals surface area (Å²) in [5.74, 6) is 3.50. The Hall–Kier alpha value is 0.270. The second-order valence-electron chi connectivity index (χ2n) is 5.25. The summed E-state index contributed by atoms with van der Waals surface area (Å²) >= 11 is 13.6. The molecule has 0 N–H and O–H groups in total. The van der Waals surface area contributed by atoms with Crippen LogP contribution in [0.5, 0.6) is 5.75 Å². The molecule has 0 aromatic heterocycles. The zero-order valence-corrected chi connectivity index (χ0v) is 14.1. The van der Waals surface area contributed by atoms with Gasteiger partial charge in [-0.05, 0) is 58.7 Å². The van der Waals surface area contributed by atoms with Gasteiger partial charge in [-0.1, -0.05) is 34.0 Å². The molecule has 1 nitrogen and oxygen atoms in total. The van der Waals surface area contributed by atoms with Crippen LogP contribution < -0.4 is 4.74 Å². The maximum atomic E-state index is 6.16. The lowest BCUT2D eigenvalue weighted by Crippen LogP contribution is -2.01. The summed E-state index contributed by atoms with van der Waals surface area (Å²) in [6.45, 7) is 0. The van der Waals surface area contributed by atoms with Crippen molar-refractivity contribution in [3.63, 3.8) is 0 Å². The van der Waals surface area contributed by atoms with Crippen LogP contribution in [0.25, 0.3) is 0 Å². The zero-order chi connectivity index (χ0) is 12.9. The molecule has 0 radical (unpaired) electrons. The molecule has 1 aromatic rings. The van der Waals surface area contributed by atoms with Gasteiger partial charge in [-0.15, -0.1) is 0 Å². The maximum absolute atomic E-state index is 6.16. The summed E-state index contributed by atoms with van der Waals surface area (Å²) < 4.78 is 6.45. The average molecular weight is 395 g/mol. The first-order valence-electron chi connectivity index (χ1n) is 6.30. The summed E-state index contributed by atoms with van der Waals surface area (Å²) in [5.41, 5.74) is 1.18. The topological polar surface area (TPSA) is 9.23 Å². The van der Waals surface area contributed by atoms with Crippen molar-refractivity contribution in [2.45, 2.75) is 24.1 Å². The molecule has 2 saturated carbocycles. The molecule has 18 heavy (non-hydrogen) atoms. The van der Waals surface area contributed by atoms with E-state index in [0.717, 1.165) is 33.0 Å². The van der Waals surface area contributed by atoms with Crippen molar-refractivity contribution in [3.8, 4) is 5.75 Å². The zero-order valence-electron chi connectivity index (χ0n) is 10.1. The molecule has 2 aliphatic rings. The molecule has 0 bridgehead atoms. The van der Waals surface area contributed by atoms with Crippen LogP contribution in [0.1, 0.15) is 29.7 Å². The highest BCUT2D eigenvalue weighted by Crippen LogP contribution is 2.65. The third-order valence-electron chi connectivity index (χ3n) is 4.35. The van der Waals surface area contributed by atoms with Gasteiger partial charge in [-0.2, -0.15) is 0 Å². The van der Waals surface area contributed by atoms with Crippen molar-refractivity contribution in [1.29, 1.82) is 0 Å². The first-order chi connectivity index (χ1) is 8.63. The quantitative estimate of drug-likeness (QED) is 0.607. The Morgan fingerprint density at radius 3 is 2.61 bits per heavy atom. The van der Waals surface area contributed by atoms with Crippen molar-refractivity contribution < 1.29 is 4.74 Å². The minimum atomic E-state index is 0.359. The fourth-order valence-electron chi connectivity index (χ4n) is 3.52. The number of alkyl halides is 1. The summed E-state index contributed by atoms with van der Waals surface area (Å²) in [4.78, 5) is 0.359. The Morgan fingerprint density at radius 2 is 2.00 bits per heavy atom.